The number of quaternary nitrogens is 1. The van der Waals surface area contributed by atoms with E-state index >= 15 is 0 Å². The Balaban J connectivity index is 3.48. The largest absolute Gasteiger partial charge is 0.385 e. The van der Waals surface area contributed by atoms with Crippen molar-refractivity contribution in [1.29, 1.82) is 0 Å². The highest BCUT2D eigenvalue weighted by Gasteiger charge is 2.41. The molecule has 1 N–H and O–H groups in total. The quantitative estimate of drug-likeness (QED) is 0.0839. The Labute approximate surface area is 188 Å². The molecule has 2 atom stereocenters. The van der Waals surface area contributed by atoms with Crippen LogP contribution in [-0.4, -0.2) is 42.9 Å². The fourth-order valence-electron chi connectivity index (χ4n) is 4.02. The van der Waals surface area contributed by atoms with Gasteiger partial charge in [-0.15, -0.1) is 0 Å². The lowest BCUT2D eigenvalue weighted by Crippen LogP contribution is -2.44. The minimum atomic E-state index is -3.55. The molecule has 0 aliphatic heterocycles. The molecule has 4 nitrogen and oxygen atoms in total. The van der Waals surface area contributed by atoms with Crippen LogP contribution in [0.4, 0.5) is 0 Å². The van der Waals surface area contributed by atoms with E-state index in [-0.39, 0.29) is 5.78 Å². The van der Waals surface area contributed by atoms with Crippen LogP contribution >= 0.6 is 7.60 Å². The number of allylic oxidation sites excluding steroid dienone is 2. The summed E-state index contributed by atoms with van der Waals surface area (Å²) < 4.78 is 18.4. The van der Waals surface area contributed by atoms with Crippen molar-refractivity contribution in [3.8, 4) is 0 Å². The molecule has 0 bridgehead atoms. The third-order valence-electron chi connectivity index (χ3n) is 5.82. The standard InChI is InChI=1S/C25H52NO3P/c1-6-8-9-10-11-12-13-14-15-16-17-18-19-20-21-22-23-24-29-30(27,28)25(7-2)26(3,4)5/h12-13,25H,6-11,14-24H2,1-5H3/p+1. The fraction of sp³-hybridized carbons (Fsp3) is 0.920. The van der Waals surface area contributed by atoms with Gasteiger partial charge in [-0.2, -0.15) is 0 Å². The van der Waals surface area contributed by atoms with Gasteiger partial charge in [-0.3, -0.25) is 4.57 Å². The van der Waals surface area contributed by atoms with Gasteiger partial charge in [-0.1, -0.05) is 90.2 Å². The fourth-order valence-corrected chi connectivity index (χ4v) is 5.92. The number of unbranched alkanes of at least 4 members (excludes halogenated alkanes) is 13. The summed E-state index contributed by atoms with van der Waals surface area (Å²) in [5.41, 5.74) is 0. The van der Waals surface area contributed by atoms with E-state index in [4.69, 9.17) is 4.52 Å². The van der Waals surface area contributed by atoms with Crippen LogP contribution in [0.1, 0.15) is 117 Å². The maximum atomic E-state index is 12.5. The van der Waals surface area contributed by atoms with Crippen LogP contribution < -0.4 is 0 Å². The molecule has 0 fully saturated rings. The lowest BCUT2D eigenvalue weighted by Gasteiger charge is -2.35. The van der Waals surface area contributed by atoms with Crippen molar-refractivity contribution >= 4 is 7.60 Å². The van der Waals surface area contributed by atoms with Crippen molar-refractivity contribution in [2.45, 2.75) is 122 Å². The summed E-state index contributed by atoms with van der Waals surface area (Å²) in [7, 11) is 2.31. The van der Waals surface area contributed by atoms with Gasteiger partial charge in [0.05, 0.1) is 27.7 Å². The molecule has 5 heteroatoms. The topological polar surface area (TPSA) is 46.5 Å². The lowest BCUT2D eigenvalue weighted by molar-refractivity contribution is -0.883. The third kappa shape index (κ3) is 16.5. The highest BCUT2D eigenvalue weighted by molar-refractivity contribution is 7.53. The van der Waals surface area contributed by atoms with Gasteiger partial charge in [0, 0.05) is 6.42 Å². The maximum Gasteiger partial charge on any atom is 0.385 e. The SMILES string of the molecule is CCCCCCC=CCCCCCCCCCCCOP(=O)(O)C(CC)[N+](C)(C)C. The second-order valence-corrected chi connectivity index (χ2v) is 11.7. The van der Waals surface area contributed by atoms with E-state index in [1.54, 1.807) is 0 Å². The highest BCUT2D eigenvalue weighted by atomic mass is 31.2. The van der Waals surface area contributed by atoms with Gasteiger partial charge >= 0.3 is 7.60 Å². The molecule has 0 saturated heterocycles. The second-order valence-electron chi connectivity index (χ2n) is 9.69. The molecule has 0 saturated carbocycles. The van der Waals surface area contributed by atoms with Crippen LogP contribution in [0.5, 0.6) is 0 Å². The molecule has 180 valence electrons. The molecular weight excluding hydrogens is 393 g/mol. The van der Waals surface area contributed by atoms with E-state index in [1.807, 2.05) is 28.1 Å². The van der Waals surface area contributed by atoms with Gasteiger partial charge in [-0.05, 0) is 32.1 Å². The summed E-state index contributed by atoms with van der Waals surface area (Å²) in [6.07, 6.45) is 24.5. The minimum absolute atomic E-state index is 0.348. The van der Waals surface area contributed by atoms with Crippen LogP contribution in [0.2, 0.25) is 0 Å². The molecule has 30 heavy (non-hydrogen) atoms. The number of rotatable bonds is 21. The molecular formula is C25H53NO3P+. The summed E-state index contributed by atoms with van der Waals surface area (Å²) in [6.45, 7) is 4.61. The van der Waals surface area contributed by atoms with E-state index in [2.05, 4.69) is 19.1 Å². The number of hydrogen-bond donors (Lipinski definition) is 1. The molecule has 0 rings (SSSR count). The van der Waals surface area contributed by atoms with Gasteiger partial charge in [0.15, 0.2) is 5.78 Å². The smallest absolute Gasteiger partial charge is 0.320 e. The van der Waals surface area contributed by atoms with Crippen LogP contribution in [0.25, 0.3) is 0 Å². The summed E-state index contributed by atoms with van der Waals surface area (Å²) in [6, 6.07) is 0. The van der Waals surface area contributed by atoms with E-state index in [0.29, 0.717) is 17.5 Å². The molecule has 0 aromatic rings. The first-order valence-corrected chi connectivity index (χ1v) is 14.3. The zero-order valence-corrected chi connectivity index (χ0v) is 21.8. The van der Waals surface area contributed by atoms with Gasteiger partial charge in [0.1, 0.15) is 0 Å². The zero-order chi connectivity index (χ0) is 22.7. The number of hydrogen-bond acceptors (Lipinski definition) is 2. The Morgan fingerprint density at radius 3 is 1.63 bits per heavy atom. The molecule has 0 heterocycles. The van der Waals surface area contributed by atoms with Crippen molar-refractivity contribution in [2.75, 3.05) is 27.7 Å². The van der Waals surface area contributed by atoms with E-state index in [0.717, 1.165) is 12.8 Å². The first-order valence-electron chi connectivity index (χ1n) is 12.7. The minimum Gasteiger partial charge on any atom is -0.320 e. The summed E-state index contributed by atoms with van der Waals surface area (Å²) in [5.74, 6) is -0.348. The Morgan fingerprint density at radius 2 is 1.20 bits per heavy atom. The Morgan fingerprint density at radius 1 is 0.767 bits per heavy atom. The van der Waals surface area contributed by atoms with Crippen molar-refractivity contribution in [3.05, 3.63) is 12.2 Å². The average molecular weight is 447 g/mol. The van der Waals surface area contributed by atoms with Gasteiger partial charge < -0.3 is 13.9 Å². The Bertz CT molecular complexity index is 460. The summed E-state index contributed by atoms with van der Waals surface area (Å²) in [5, 5.41) is 0. The molecule has 0 aromatic heterocycles. The van der Waals surface area contributed by atoms with Crippen LogP contribution in [0.15, 0.2) is 12.2 Å². The monoisotopic (exact) mass is 446 g/mol. The normalized spacial score (nSPS) is 15.5. The predicted molar refractivity (Wildman–Crippen MR) is 132 cm³/mol. The average Bonchev–Trinajstić information content (AvgIpc) is 2.66. The highest BCUT2D eigenvalue weighted by Crippen LogP contribution is 2.51. The second kappa shape index (κ2) is 18.4. The van der Waals surface area contributed by atoms with Crippen molar-refractivity contribution in [3.63, 3.8) is 0 Å². The first kappa shape index (κ1) is 29.9. The lowest BCUT2D eigenvalue weighted by atomic mass is 10.1. The molecule has 0 aromatic carbocycles. The van der Waals surface area contributed by atoms with Gasteiger partial charge in [-0.25, -0.2) is 0 Å². The first-order chi connectivity index (χ1) is 14.3. The van der Waals surface area contributed by atoms with E-state index in [1.165, 1.54) is 83.5 Å². The van der Waals surface area contributed by atoms with Gasteiger partial charge in [0.25, 0.3) is 0 Å². The molecule has 0 radical (unpaired) electrons. The molecule has 0 aliphatic carbocycles. The molecule has 0 aliphatic rings. The Kier molecular flexibility index (Phi) is 18.3. The van der Waals surface area contributed by atoms with Crippen LogP contribution in [0, 0.1) is 0 Å². The number of nitrogens with zero attached hydrogens (tertiary/aromatic N) is 1. The maximum absolute atomic E-state index is 12.5. The third-order valence-corrected chi connectivity index (χ3v) is 8.18. The van der Waals surface area contributed by atoms with Crippen LogP contribution in [0.3, 0.4) is 0 Å². The molecule has 0 amide bonds. The molecule has 0 spiro atoms. The van der Waals surface area contributed by atoms with Crippen molar-refractivity contribution in [1.82, 2.24) is 0 Å². The summed E-state index contributed by atoms with van der Waals surface area (Å²) in [4.78, 5) is 10.3. The van der Waals surface area contributed by atoms with E-state index in [9.17, 15) is 9.46 Å². The van der Waals surface area contributed by atoms with Crippen molar-refractivity contribution in [2.24, 2.45) is 0 Å². The van der Waals surface area contributed by atoms with E-state index < -0.39 is 7.60 Å². The van der Waals surface area contributed by atoms with Crippen LogP contribution in [-0.2, 0) is 9.09 Å². The summed E-state index contributed by atoms with van der Waals surface area (Å²) >= 11 is 0. The Hall–Kier alpha value is -0.150. The van der Waals surface area contributed by atoms with Gasteiger partial charge in [0.2, 0.25) is 0 Å². The zero-order valence-electron chi connectivity index (χ0n) is 20.9. The predicted octanol–water partition coefficient (Wildman–Crippen LogP) is 8.06. The molecule has 2 unspecified atom stereocenters. The van der Waals surface area contributed by atoms with Crippen molar-refractivity contribution < 1.29 is 18.5 Å².